The number of rotatable bonds is 7. The van der Waals surface area contributed by atoms with E-state index < -0.39 is 0 Å². The highest BCUT2D eigenvalue weighted by Crippen LogP contribution is 2.00. The Bertz CT molecular complexity index is 373. The highest BCUT2D eigenvalue weighted by Gasteiger charge is 1.97. The molecule has 92 valence electrons. The molecule has 0 amide bonds. The molecule has 0 aromatic carbocycles. The van der Waals surface area contributed by atoms with Gasteiger partial charge in [0.25, 0.3) is 0 Å². The van der Waals surface area contributed by atoms with Crippen LogP contribution in [0.2, 0.25) is 0 Å². The van der Waals surface area contributed by atoms with Crippen molar-refractivity contribution in [2.45, 2.75) is 32.8 Å². The molecule has 0 unspecified atom stereocenters. The highest BCUT2D eigenvalue weighted by atomic mass is 16.5. The van der Waals surface area contributed by atoms with Gasteiger partial charge in [-0.15, -0.1) is 0 Å². The second-order valence-corrected chi connectivity index (χ2v) is 3.93. The van der Waals surface area contributed by atoms with Crippen molar-refractivity contribution in [2.75, 3.05) is 18.5 Å². The summed E-state index contributed by atoms with van der Waals surface area (Å²) in [5.74, 6) is 0.508. The molecule has 0 saturated heterocycles. The Balaban J connectivity index is 2.16. The maximum Gasteiger partial charge on any atom is 0.223 e. The number of nitrogens with one attached hydrogen (secondary N) is 1. The molecule has 0 saturated carbocycles. The van der Waals surface area contributed by atoms with E-state index in [1.807, 2.05) is 19.9 Å². The maximum atomic E-state index is 8.67. The molecule has 0 radical (unpaired) electrons. The number of hydrogen-bond donors (Lipinski definition) is 1. The van der Waals surface area contributed by atoms with E-state index >= 15 is 0 Å². The van der Waals surface area contributed by atoms with Crippen LogP contribution in [0.5, 0.6) is 0 Å². The third-order valence-corrected chi connectivity index (χ3v) is 2.08. The van der Waals surface area contributed by atoms with Crippen LogP contribution in [-0.2, 0) is 4.74 Å². The molecular weight excluding hydrogens is 216 g/mol. The van der Waals surface area contributed by atoms with Gasteiger partial charge in [-0.1, -0.05) is 0 Å². The molecule has 0 fully saturated rings. The van der Waals surface area contributed by atoms with Gasteiger partial charge in [0.1, 0.15) is 11.8 Å². The van der Waals surface area contributed by atoms with Crippen LogP contribution < -0.4 is 5.32 Å². The molecule has 1 aromatic heterocycles. The Morgan fingerprint density at radius 1 is 1.47 bits per heavy atom. The van der Waals surface area contributed by atoms with Crippen molar-refractivity contribution in [3.05, 3.63) is 18.0 Å². The predicted octanol–water partition coefficient (Wildman–Crippen LogP) is 1.97. The average Bonchev–Trinajstić information content (AvgIpc) is 2.33. The third kappa shape index (κ3) is 5.83. The Labute approximate surface area is 102 Å². The summed E-state index contributed by atoms with van der Waals surface area (Å²) in [5.41, 5.74) is 0.380. The minimum Gasteiger partial charge on any atom is -0.379 e. The van der Waals surface area contributed by atoms with Gasteiger partial charge >= 0.3 is 0 Å². The standard InChI is InChI=1S/C12H18N4O/c1-10(2)17-8-4-3-6-14-12-15-7-5-11(9-13)16-12/h5,7,10H,3-4,6,8H2,1-2H3,(H,14,15,16). The Hall–Kier alpha value is -1.67. The van der Waals surface area contributed by atoms with Crippen LogP contribution in [-0.4, -0.2) is 29.2 Å². The van der Waals surface area contributed by atoms with Crippen molar-refractivity contribution < 1.29 is 4.74 Å². The summed E-state index contributed by atoms with van der Waals surface area (Å²) < 4.78 is 5.43. The van der Waals surface area contributed by atoms with Crippen molar-refractivity contribution in [2.24, 2.45) is 0 Å². The van der Waals surface area contributed by atoms with Gasteiger partial charge in [0, 0.05) is 19.3 Å². The summed E-state index contributed by atoms with van der Waals surface area (Å²) >= 11 is 0. The zero-order chi connectivity index (χ0) is 12.5. The van der Waals surface area contributed by atoms with Gasteiger partial charge in [0.15, 0.2) is 0 Å². The van der Waals surface area contributed by atoms with E-state index in [2.05, 4.69) is 15.3 Å². The van der Waals surface area contributed by atoms with Crippen LogP contribution in [0.25, 0.3) is 0 Å². The normalized spacial score (nSPS) is 10.2. The van der Waals surface area contributed by atoms with E-state index in [1.54, 1.807) is 12.3 Å². The lowest BCUT2D eigenvalue weighted by molar-refractivity contribution is 0.0765. The molecule has 1 N–H and O–H groups in total. The largest absolute Gasteiger partial charge is 0.379 e. The van der Waals surface area contributed by atoms with Crippen molar-refractivity contribution in [3.63, 3.8) is 0 Å². The molecule has 5 nitrogen and oxygen atoms in total. The lowest BCUT2D eigenvalue weighted by atomic mass is 10.3. The van der Waals surface area contributed by atoms with Gasteiger partial charge in [0.05, 0.1) is 6.10 Å². The number of nitrogens with zero attached hydrogens (tertiary/aromatic N) is 3. The second-order valence-electron chi connectivity index (χ2n) is 3.93. The lowest BCUT2D eigenvalue weighted by Gasteiger charge is -2.07. The van der Waals surface area contributed by atoms with Gasteiger partial charge < -0.3 is 10.1 Å². The van der Waals surface area contributed by atoms with Gasteiger partial charge in [-0.05, 0) is 32.8 Å². The van der Waals surface area contributed by atoms with Crippen molar-refractivity contribution in [1.29, 1.82) is 5.26 Å². The van der Waals surface area contributed by atoms with Gasteiger partial charge in [-0.2, -0.15) is 5.26 Å². The van der Waals surface area contributed by atoms with Crippen molar-refractivity contribution in [3.8, 4) is 6.07 Å². The fourth-order valence-corrected chi connectivity index (χ4v) is 1.25. The third-order valence-electron chi connectivity index (χ3n) is 2.08. The first-order valence-corrected chi connectivity index (χ1v) is 5.81. The molecule has 17 heavy (non-hydrogen) atoms. The Morgan fingerprint density at radius 2 is 2.29 bits per heavy atom. The number of anilines is 1. The minimum absolute atomic E-state index is 0.290. The fourth-order valence-electron chi connectivity index (χ4n) is 1.25. The number of unbranched alkanes of at least 4 members (excludes halogenated alkanes) is 1. The van der Waals surface area contributed by atoms with Crippen LogP contribution >= 0.6 is 0 Å². The molecule has 1 rings (SSSR count). The van der Waals surface area contributed by atoms with E-state index in [-0.39, 0.29) is 0 Å². The molecule has 0 aliphatic heterocycles. The summed E-state index contributed by atoms with van der Waals surface area (Å²) in [7, 11) is 0. The van der Waals surface area contributed by atoms with E-state index in [9.17, 15) is 0 Å². The maximum absolute atomic E-state index is 8.67. The van der Waals surface area contributed by atoms with Crippen molar-refractivity contribution >= 4 is 5.95 Å². The SMILES string of the molecule is CC(C)OCCCCNc1nccc(C#N)n1. The Kier molecular flexibility index (Phi) is 5.97. The van der Waals surface area contributed by atoms with Crippen LogP contribution in [0, 0.1) is 11.3 Å². The van der Waals surface area contributed by atoms with E-state index in [4.69, 9.17) is 10.00 Å². The summed E-state index contributed by atoms with van der Waals surface area (Å²) in [4.78, 5) is 8.05. The smallest absolute Gasteiger partial charge is 0.223 e. The monoisotopic (exact) mass is 234 g/mol. The first-order valence-electron chi connectivity index (χ1n) is 5.81. The molecule has 1 heterocycles. The van der Waals surface area contributed by atoms with Crippen molar-refractivity contribution in [1.82, 2.24) is 9.97 Å². The number of ether oxygens (including phenoxy) is 1. The van der Waals surface area contributed by atoms with Crippen LogP contribution in [0.15, 0.2) is 12.3 Å². The zero-order valence-electron chi connectivity index (χ0n) is 10.3. The number of aromatic nitrogens is 2. The predicted molar refractivity (Wildman–Crippen MR) is 65.6 cm³/mol. The summed E-state index contributed by atoms with van der Waals surface area (Å²) in [6.07, 6.45) is 3.87. The second kappa shape index (κ2) is 7.58. The quantitative estimate of drug-likeness (QED) is 0.730. The van der Waals surface area contributed by atoms with Gasteiger partial charge in [-0.3, -0.25) is 0 Å². The van der Waals surface area contributed by atoms with Crippen LogP contribution in [0.4, 0.5) is 5.95 Å². The summed E-state index contributed by atoms with van der Waals surface area (Å²) in [6, 6.07) is 3.56. The molecule has 0 aliphatic carbocycles. The number of hydrogen-bond acceptors (Lipinski definition) is 5. The molecule has 0 atom stereocenters. The first-order chi connectivity index (χ1) is 8.22. The molecular formula is C12H18N4O. The molecule has 0 bridgehead atoms. The van der Waals surface area contributed by atoms with E-state index in [0.717, 1.165) is 26.0 Å². The van der Waals surface area contributed by atoms with Gasteiger partial charge in [0.2, 0.25) is 5.95 Å². The fraction of sp³-hybridized carbons (Fsp3) is 0.583. The first kappa shape index (κ1) is 13.4. The molecule has 0 spiro atoms. The van der Waals surface area contributed by atoms with Gasteiger partial charge in [-0.25, -0.2) is 9.97 Å². The minimum atomic E-state index is 0.290. The molecule has 0 aliphatic rings. The van der Waals surface area contributed by atoms with Crippen LogP contribution in [0.3, 0.4) is 0 Å². The Morgan fingerprint density at radius 3 is 3.00 bits per heavy atom. The van der Waals surface area contributed by atoms with E-state index in [1.165, 1.54) is 0 Å². The summed E-state index contributed by atoms with van der Waals surface area (Å²) in [6.45, 7) is 5.62. The van der Waals surface area contributed by atoms with Crippen LogP contribution in [0.1, 0.15) is 32.4 Å². The highest BCUT2D eigenvalue weighted by molar-refractivity contribution is 5.29. The number of nitriles is 1. The van der Waals surface area contributed by atoms with E-state index in [0.29, 0.717) is 17.7 Å². The summed E-state index contributed by atoms with van der Waals surface area (Å²) in [5, 5.41) is 11.7. The zero-order valence-corrected chi connectivity index (χ0v) is 10.3. The molecule has 1 aromatic rings. The average molecular weight is 234 g/mol. The lowest BCUT2D eigenvalue weighted by Crippen LogP contribution is -2.08. The molecule has 5 heteroatoms. The topological polar surface area (TPSA) is 70.8 Å².